The molecule has 0 fully saturated rings. The molecule has 0 radical (unpaired) electrons. The smallest absolute Gasteiger partial charge is 0.361 e. The van der Waals surface area contributed by atoms with Gasteiger partial charge in [-0.05, 0) is 38.7 Å². The van der Waals surface area contributed by atoms with Gasteiger partial charge in [0.15, 0.2) is 5.82 Å². The van der Waals surface area contributed by atoms with Crippen molar-refractivity contribution in [3.05, 3.63) is 53.1 Å². The van der Waals surface area contributed by atoms with Crippen molar-refractivity contribution in [3.8, 4) is 0 Å². The lowest BCUT2D eigenvalue weighted by molar-refractivity contribution is 0.0513. The Hall–Kier alpha value is -2.17. The van der Waals surface area contributed by atoms with Gasteiger partial charge in [-0.2, -0.15) is 5.10 Å². The van der Waals surface area contributed by atoms with Gasteiger partial charge in [0.25, 0.3) is 0 Å². The monoisotopic (exact) mass is 304 g/mol. The summed E-state index contributed by atoms with van der Waals surface area (Å²) in [4.78, 5) is 11.6. The largest absolute Gasteiger partial charge is 0.461 e. The first-order valence-electron chi connectivity index (χ1n) is 7.57. The second-order valence-electron chi connectivity index (χ2n) is 5.13. The Morgan fingerprint density at radius 2 is 2.00 bits per heavy atom. The Balaban J connectivity index is 1.90. The predicted molar refractivity (Wildman–Crippen MR) is 82.3 cm³/mol. The Labute approximate surface area is 129 Å². The third-order valence-electron chi connectivity index (χ3n) is 3.53. The fourth-order valence-corrected chi connectivity index (χ4v) is 2.31. The van der Waals surface area contributed by atoms with Crippen LogP contribution in [0.15, 0.2) is 30.3 Å². The van der Waals surface area contributed by atoms with E-state index in [-0.39, 0.29) is 12.3 Å². The molecule has 1 aromatic heterocycles. The van der Waals surface area contributed by atoms with Crippen LogP contribution in [0.3, 0.4) is 0 Å². The third kappa shape index (κ3) is 3.93. The van der Waals surface area contributed by atoms with Gasteiger partial charge < -0.3 is 4.74 Å². The highest BCUT2D eigenvalue weighted by molar-refractivity contribution is 5.87. The van der Waals surface area contributed by atoms with Crippen molar-refractivity contribution in [2.45, 2.75) is 39.7 Å². The normalized spacial score (nSPS) is 10.7. The number of benzene rings is 1. The van der Waals surface area contributed by atoms with Gasteiger partial charge in [0, 0.05) is 6.54 Å². The Bertz CT molecular complexity index is 623. The number of esters is 1. The van der Waals surface area contributed by atoms with E-state index >= 15 is 0 Å². The maximum Gasteiger partial charge on any atom is 0.361 e. The zero-order valence-corrected chi connectivity index (χ0v) is 13.0. The molecular formula is C17H21FN2O2. The number of hydrogen-bond donors (Lipinski definition) is 0. The van der Waals surface area contributed by atoms with E-state index in [0.29, 0.717) is 12.2 Å². The summed E-state index contributed by atoms with van der Waals surface area (Å²) >= 11 is 0. The molecule has 0 saturated heterocycles. The molecule has 0 atom stereocenters. The van der Waals surface area contributed by atoms with E-state index < -0.39 is 11.8 Å². The molecule has 0 saturated carbocycles. The summed E-state index contributed by atoms with van der Waals surface area (Å²) in [7, 11) is 0. The molecule has 0 unspecified atom stereocenters. The first-order valence-corrected chi connectivity index (χ1v) is 7.57. The summed E-state index contributed by atoms with van der Waals surface area (Å²) in [6.45, 7) is 4.11. The summed E-state index contributed by atoms with van der Waals surface area (Å²) in [5, 5.41) is 4.04. The maximum absolute atomic E-state index is 14.0. The van der Waals surface area contributed by atoms with Crippen LogP contribution in [0.25, 0.3) is 0 Å². The molecule has 22 heavy (non-hydrogen) atoms. The van der Waals surface area contributed by atoms with Crippen molar-refractivity contribution >= 4 is 5.97 Å². The standard InChI is InChI=1S/C17H21FN2O2/c1-3-22-17(21)16-15(18)13(2)20(19-16)12-8-7-11-14-9-5-4-6-10-14/h4-6,9-10H,3,7-8,11-12H2,1-2H3. The van der Waals surface area contributed by atoms with Gasteiger partial charge in [0.2, 0.25) is 5.69 Å². The molecule has 4 nitrogen and oxygen atoms in total. The Morgan fingerprint density at radius 3 is 2.68 bits per heavy atom. The molecule has 5 heteroatoms. The number of nitrogens with zero attached hydrogens (tertiary/aromatic N) is 2. The van der Waals surface area contributed by atoms with Crippen molar-refractivity contribution in [3.63, 3.8) is 0 Å². The highest BCUT2D eigenvalue weighted by atomic mass is 19.1. The summed E-state index contributed by atoms with van der Waals surface area (Å²) < 4.78 is 20.3. The van der Waals surface area contributed by atoms with Crippen LogP contribution in [0.5, 0.6) is 0 Å². The second kappa shape index (κ2) is 7.73. The van der Waals surface area contributed by atoms with E-state index in [2.05, 4.69) is 17.2 Å². The van der Waals surface area contributed by atoms with Crippen LogP contribution in [-0.2, 0) is 17.7 Å². The van der Waals surface area contributed by atoms with Gasteiger partial charge in [-0.25, -0.2) is 9.18 Å². The Morgan fingerprint density at radius 1 is 1.27 bits per heavy atom. The minimum atomic E-state index is -0.703. The van der Waals surface area contributed by atoms with Crippen LogP contribution < -0.4 is 0 Å². The molecule has 0 amide bonds. The van der Waals surface area contributed by atoms with Crippen LogP contribution in [0.4, 0.5) is 4.39 Å². The molecule has 0 bridgehead atoms. The number of hydrogen-bond acceptors (Lipinski definition) is 3. The third-order valence-corrected chi connectivity index (χ3v) is 3.53. The molecule has 0 spiro atoms. The number of carbonyl (C=O) groups excluding carboxylic acids is 1. The number of carbonyl (C=O) groups is 1. The summed E-state index contributed by atoms with van der Waals surface area (Å²) in [6, 6.07) is 10.2. The van der Waals surface area contributed by atoms with Crippen molar-refractivity contribution < 1.29 is 13.9 Å². The Kier molecular flexibility index (Phi) is 5.69. The SMILES string of the molecule is CCOC(=O)c1nn(CCCCc2ccccc2)c(C)c1F. The highest BCUT2D eigenvalue weighted by Gasteiger charge is 2.21. The lowest BCUT2D eigenvalue weighted by Crippen LogP contribution is -2.08. The van der Waals surface area contributed by atoms with Gasteiger partial charge in [-0.3, -0.25) is 4.68 Å². The molecular weight excluding hydrogens is 283 g/mol. The fraction of sp³-hybridized carbons (Fsp3) is 0.412. The van der Waals surface area contributed by atoms with Gasteiger partial charge >= 0.3 is 5.97 Å². The van der Waals surface area contributed by atoms with Crippen LogP contribution in [-0.4, -0.2) is 22.4 Å². The quantitative estimate of drug-likeness (QED) is 0.580. The van der Waals surface area contributed by atoms with E-state index in [1.54, 1.807) is 18.5 Å². The molecule has 2 aromatic rings. The molecule has 1 aromatic carbocycles. The average Bonchev–Trinajstić information content (AvgIpc) is 2.81. The first-order chi connectivity index (χ1) is 10.6. The molecule has 0 N–H and O–H groups in total. The van der Waals surface area contributed by atoms with Crippen molar-refractivity contribution in [2.24, 2.45) is 0 Å². The van der Waals surface area contributed by atoms with Gasteiger partial charge in [0.1, 0.15) is 0 Å². The number of rotatable bonds is 7. The fourth-order valence-electron chi connectivity index (χ4n) is 2.31. The highest BCUT2D eigenvalue weighted by Crippen LogP contribution is 2.14. The summed E-state index contributed by atoms with van der Waals surface area (Å²) in [5.41, 5.74) is 1.45. The molecule has 118 valence electrons. The van der Waals surface area contributed by atoms with Gasteiger partial charge in [-0.15, -0.1) is 0 Å². The van der Waals surface area contributed by atoms with E-state index in [9.17, 15) is 9.18 Å². The number of unbranched alkanes of at least 4 members (excludes halogenated alkanes) is 1. The predicted octanol–water partition coefficient (Wildman–Crippen LogP) is 3.53. The molecule has 0 aliphatic heterocycles. The second-order valence-corrected chi connectivity index (χ2v) is 5.13. The minimum Gasteiger partial charge on any atom is -0.461 e. The van der Waals surface area contributed by atoms with Crippen molar-refractivity contribution in [1.29, 1.82) is 0 Å². The maximum atomic E-state index is 14.0. The minimum absolute atomic E-state index is 0.210. The first kappa shape index (κ1) is 16.2. The molecule has 2 rings (SSSR count). The summed E-state index contributed by atoms with van der Waals surface area (Å²) in [6.07, 6.45) is 2.84. The molecule has 0 aliphatic rings. The van der Waals surface area contributed by atoms with Crippen LogP contribution in [0, 0.1) is 12.7 Å². The number of aryl methyl sites for hydroxylation is 2. The molecule has 0 aliphatic carbocycles. The summed E-state index contributed by atoms with van der Waals surface area (Å²) in [5.74, 6) is -1.28. The van der Waals surface area contributed by atoms with Crippen molar-refractivity contribution in [2.75, 3.05) is 6.61 Å². The van der Waals surface area contributed by atoms with Gasteiger partial charge in [-0.1, -0.05) is 30.3 Å². The van der Waals surface area contributed by atoms with E-state index in [0.717, 1.165) is 19.3 Å². The number of aromatic nitrogens is 2. The number of halogens is 1. The zero-order valence-electron chi connectivity index (χ0n) is 13.0. The lowest BCUT2D eigenvalue weighted by Gasteiger charge is -2.04. The van der Waals surface area contributed by atoms with Crippen molar-refractivity contribution in [1.82, 2.24) is 9.78 Å². The van der Waals surface area contributed by atoms with Crippen LogP contribution in [0.1, 0.15) is 41.5 Å². The lowest BCUT2D eigenvalue weighted by atomic mass is 10.1. The van der Waals surface area contributed by atoms with Gasteiger partial charge in [0.05, 0.1) is 12.3 Å². The van der Waals surface area contributed by atoms with E-state index in [4.69, 9.17) is 4.74 Å². The number of ether oxygens (including phenoxy) is 1. The van der Waals surface area contributed by atoms with E-state index in [1.807, 2.05) is 18.2 Å². The van der Waals surface area contributed by atoms with Crippen LogP contribution in [0.2, 0.25) is 0 Å². The zero-order chi connectivity index (χ0) is 15.9. The van der Waals surface area contributed by atoms with Crippen LogP contribution >= 0.6 is 0 Å². The average molecular weight is 304 g/mol. The topological polar surface area (TPSA) is 44.1 Å². The van der Waals surface area contributed by atoms with E-state index in [1.165, 1.54) is 5.56 Å². The molecule has 1 heterocycles.